The predicted octanol–water partition coefficient (Wildman–Crippen LogP) is 2.31. The van der Waals surface area contributed by atoms with E-state index in [-0.39, 0.29) is 17.1 Å². The quantitative estimate of drug-likeness (QED) is 0.870. The zero-order chi connectivity index (χ0) is 14.9. The van der Waals surface area contributed by atoms with Crippen molar-refractivity contribution in [2.45, 2.75) is 24.8 Å². The van der Waals surface area contributed by atoms with Crippen molar-refractivity contribution in [3.8, 4) is 0 Å². The Hall–Kier alpha value is -0.950. The molecule has 1 aliphatic rings. The van der Waals surface area contributed by atoms with Gasteiger partial charge in [-0.2, -0.15) is 4.31 Å². The third-order valence-electron chi connectivity index (χ3n) is 3.16. The molecular weight excluding hydrogens is 305 g/mol. The summed E-state index contributed by atoms with van der Waals surface area (Å²) < 4.78 is 40.4. The summed E-state index contributed by atoms with van der Waals surface area (Å²) >= 11 is 5.80. The van der Waals surface area contributed by atoms with Crippen molar-refractivity contribution in [1.29, 1.82) is 0 Å². The summed E-state index contributed by atoms with van der Waals surface area (Å²) in [6.45, 7) is 1.77. The fourth-order valence-corrected chi connectivity index (χ4v) is 4.08. The normalized spacial score (nSPS) is 17.1. The van der Waals surface area contributed by atoms with E-state index in [0.29, 0.717) is 13.0 Å². The van der Waals surface area contributed by atoms with Crippen LogP contribution in [0.15, 0.2) is 28.7 Å². The Morgan fingerprint density at radius 3 is 2.75 bits per heavy atom. The van der Waals surface area contributed by atoms with Gasteiger partial charge in [0.2, 0.25) is 10.0 Å². The number of sulfonamides is 1. The van der Waals surface area contributed by atoms with Gasteiger partial charge in [-0.1, -0.05) is 23.3 Å². The molecule has 0 unspecified atom stereocenters. The number of nitrogens with zero attached hydrogens (tertiary/aromatic N) is 1. The highest BCUT2D eigenvalue weighted by Gasteiger charge is 2.30. The first-order valence-corrected chi connectivity index (χ1v) is 7.92. The fourth-order valence-electron chi connectivity index (χ4n) is 2.14. The SMILES string of the molecule is CC1=CCCN(S(=O)(=O)c2cc(Cl)cc(CO)c2F)C1. The summed E-state index contributed by atoms with van der Waals surface area (Å²) in [4.78, 5) is -0.483. The molecule has 7 heteroatoms. The van der Waals surface area contributed by atoms with Crippen LogP contribution in [-0.2, 0) is 16.6 Å². The van der Waals surface area contributed by atoms with Crippen LogP contribution in [0.5, 0.6) is 0 Å². The molecule has 1 N–H and O–H groups in total. The van der Waals surface area contributed by atoms with E-state index in [9.17, 15) is 12.8 Å². The monoisotopic (exact) mass is 319 g/mol. The van der Waals surface area contributed by atoms with E-state index in [1.54, 1.807) is 0 Å². The van der Waals surface area contributed by atoms with Crippen molar-refractivity contribution in [2.75, 3.05) is 13.1 Å². The molecule has 1 aromatic rings. The van der Waals surface area contributed by atoms with Gasteiger partial charge >= 0.3 is 0 Å². The van der Waals surface area contributed by atoms with Crippen LogP contribution in [0.25, 0.3) is 0 Å². The Bertz CT molecular complexity index is 658. The first kappa shape index (κ1) is 15.4. The zero-order valence-electron chi connectivity index (χ0n) is 10.9. The van der Waals surface area contributed by atoms with Gasteiger partial charge < -0.3 is 5.11 Å². The van der Waals surface area contributed by atoms with Gasteiger partial charge in [-0.15, -0.1) is 0 Å². The molecule has 0 radical (unpaired) electrons. The number of hydrogen-bond donors (Lipinski definition) is 1. The van der Waals surface area contributed by atoms with Gasteiger partial charge in [-0.25, -0.2) is 12.8 Å². The molecule has 0 saturated carbocycles. The molecule has 1 heterocycles. The smallest absolute Gasteiger partial charge is 0.246 e. The highest BCUT2D eigenvalue weighted by atomic mass is 35.5. The lowest BCUT2D eigenvalue weighted by atomic mass is 10.2. The van der Waals surface area contributed by atoms with Crippen LogP contribution >= 0.6 is 11.6 Å². The summed E-state index contributed by atoms with van der Waals surface area (Å²) in [6, 6.07) is 2.30. The first-order chi connectivity index (χ1) is 9.36. The molecule has 0 fully saturated rings. The van der Waals surface area contributed by atoms with Crippen LogP contribution in [0.4, 0.5) is 4.39 Å². The average molecular weight is 320 g/mol. The van der Waals surface area contributed by atoms with Gasteiger partial charge in [0, 0.05) is 23.7 Å². The van der Waals surface area contributed by atoms with E-state index in [2.05, 4.69) is 0 Å². The fraction of sp³-hybridized carbons (Fsp3) is 0.385. The van der Waals surface area contributed by atoms with Crippen LogP contribution in [0.1, 0.15) is 18.9 Å². The number of hydrogen-bond acceptors (Lipinski definition) is 3. The van der Waals surface area contributed by atoms with Crippen LogP contribution in [0.3, 0.4) is 0 Å². The lowest BCUT2D eigenvalue weighted by Crippen LogP contribution is -2.36. The largest absolute Gasteiger partial charge is 0.392 e. The number of rotatable bonds is 3. The Balaban J connectivity index is 2.50. The van der Waals surface area contributed by atoms with Crippen LogP contribution < -0.4 is 0 Å². The molecule has 0 atom stereocenters. The second-order valence-corrected chi connectivity index (χ2v) is 7.06. The van der Waals surface area contributed by atoms with E-state index in [0.717, 1.165) is 11.6 Å². The summed E-state index contributed by atoms with van der Waals surface area (Å²) in [6.07, 6.45) is 2.56. The van der Waals surface area contributed by atoms with Gasteiger partial charge in [-0.3, -0.25) is 0 Å². The minimum Gasteiger partial charge on any atom is -0.392 e. The maximum atomic E-state index is 14.2. The van der Waals surface area contributed by atoms with Crippen molar-refractivity contribution in [3.63, 3.8) is 0 Å². The van der Waals surface area contributed by atoms with Gasteiger partial charge in [0.1, 0.15) is 10.7 Å². The van der Waals surface area contributed by atoms with Gasteiger partial charge in [0.15, 0.2) is 0 Å². The molecule has 1 aliphatic heterocycles. The molecular formula is C13H15ClFNO3S. The summed E-state index contributed by atoms with van der Waals surface area (Å²) in [5.74, 6) is -0.941. The molecule has 0 amide bonds. The van der Waals surface area contributed by atoms with Gasteiger partial charge in [-0.05, 0) is 25.5 Å². The van der Waals surface area contributed by atoms with E-state index in [4.69, 9.17) is 16.7 Å². The summed E-state index contributed by atoms with van der Waals surface area (Å²) in [5, 5.41) is 9.15. The highest BCUT2D eigenvalue weighted by Crippen LogP contribution is 2.28. The van der Waals surface area contributed by atoms with Crippen molar-refractivity contribution in [2.24, 2.45) is 0 Å². The lowest BCUT2D eigenvalue weighted by Gasteiger charge is -2.26. The van der Waals surface area contributed by atoms with Crippen molar-refractivity contribution >= 4 is 21.6 Å². The van der Waals surface area contributed by atoms with Crippen molar-refractivity contribution in [1.82, 2.24) is 4.31 Å². The maximum Gasteiger partial charge on any atom is 0.246 e. The van der Waals surface area contributed by atoms with E-state index < -0.39 is 27.3 Å². The van der Waals surface area contributed by atoms with Crippen LogP contribution in [-0.4, -0.2) is 30.9 Å². The molecule has 0 bridgehead atoms. The summed E-state index contributed by atoms with van der Waals surface area (Å²) in [7, 11) is -3.96. The number of aliphatic hydroxyl groups is 1. The molecule has 20 heavy (non-hydrogen) atoms. The highest BCUT2D eigenvalue weighted by molar-refractivity contribution is 7.89. The number of aliphatic hydroxyl groups excluding tert-OH is 1. The van der Waals surface area contributed by atoms with Crippen LogP contribution in [0.2, 0.25) is 5.02 Å². The van der Waals surface area contributed by atoms with Gasteiger partial charge in [0.05, 0.1) is 6.61 Å². The second-order valence-electron chi connectivity index (χ2n) is 4.71. The van der Waals surface area contributed by atoms with Gasteiger partial charge in [0.25, 0.3) is 0 Å². The topological polar surface area (TPSA) is 57.6 Å². The zero-order valence-corrected chi connectivity index (χ0v) is 12.5. The maximum absolute atomic E-state index is 14.2. The minimum absolute atomic E-state index is 0.0818. The number of halogens is 2. The Morgan fingerprint density at radius 1 is 1.45 bits per heavy atom. The molecule has 0 saturated heterocycles. The molecule has 1 aromatic carbocycles. The Kier molecular flexibility index (Phi) is 4.49. The summed E-state index contributed by atoms with van der Waals surface area (Å²) in [5.41, 5.74) is 0.796. The molecule has 2 rings (SSSR count). The van der Waals surface area contributed by atoms with E-state index in [1.165, 1.54) is 10.4 Å². The standard InChI is InChI=1S/C13H15ClFNO3S/c1-9-3-2-4-16(7-9)20(18,19)12-6-11(14)5-10(8-17)13(12)15/h3,5-6,17H,2,4,7-8H2,1H3. The minimum atomic E-state index is -3.96. The van der Waals surface area contributed by atoms with E-state index >= 15 is 0 Å². The molecule has 0 aliphatic carbocycles. The predicted molar refractivity (Wildman–Crippen MR) is 74.5 cm³/mol. The second kappa shape index (κ2) is 5.81. The van der Waals surface area contributed by atoms with Crippen molar-refractivity contribution in [3.05, 3.63) is 40.2 Å². The van der Waals surface area contributed by atoms with E-state index in [1.807, 2.05) is 13.0 Å². The molecule has 0 spiro atoms. The average Bonchev–Trinajstić information content (AvgIpc) is 2.40. The molecule has 4 nitrogen and oxygen atoms in total. The molecule has 110 valence electrons. The van der Waals surface area contributed by atoms with Crippen LogP contribution in [0, 0.1) is 5.82 Å². The molecule has 0 aromatic heterocycles. The Morgan fingerprint density at radius 2 is 2.15 bits per heavy atom. The number of benzene rings is 1. The third-order valence-corrected chi connectivity index (χ3v) is 5.23. The first-order valence-electron chi connectivity index (χ1n) is 6.11. The third kappa shape index (κ3) is 2.88. The Labute approximate surface area is 122 Å². The lowest BCUT2D eigenvalue weighted by molar-refractivity contribution is 0.274. The van der Waals surface area contributed by atoms with Crippen molar-refractivity contribution < 1.29 is 17.9 Å².